The molecule has 0 amide bonds. The summed E-state index contributed by atoms with van der Waals surface area (Å²) in [5.41, 5.74) is 12.8. The summed E-state index contributed by atoms with van der Waals surface area (Å²) in [7, 11) is 0. The van der Waals surface area contributed by atoms with Gasteiger partial charge in [0.1, 0.15) is 5.82 Å². The molecule has 0 saturated heterocycles. The summed E-state index contributed by atoms with van der Waals surface area (Å²) in [5, 5.41) is 9.07. The second-order valence-electron chi connectivity index (χ2n) is 3.56. The summed E-state index contributed by atoms with van der Waals surface area (Å²) >= 11 is 0. The third kappa shape index (κ3) is 2.17. The molecule has 0 atom stereocenters. The highest BCUT2D eigenvalue weighted by Crippen LogP contribution is 2.25. The summed E-state index contributed by atoms with van der Waals surface area (Å²) in [6.07, 6.45) is 0. The maximum Gasteiger partial charge on any atom is 0.355 e. The van der Waals surface area contributed by atoms with Crippen LogP contribution < -0.4 is 11.5 Å². The van der Waals surface area contributed by atoms with Gasteiger partial charge in [-0.1, -0.05) is 12.1 Å². The molecule has 1 heterocycles. The van der Waals surface area contributed by atoms with Crippen molar-refractivity contribution in [3.8, 4) is 11.1 Å². The van der Waals surface area contributed by atoms with E-state index in [0.717, 1.165) is 0 Å². The van der Waals surface area contributed by atoms with Gasteiger partial charge in [-0.05, 0) is 29.8 Å². The molecule has 2 aromatic rings. The molecule has 0 unspecified atom stereocenters. The summed E-state index contributed by atoms with van der Waals surface area (Å²) in [6, 6.07) is 10.1. The number of carboxylic acids is 1. The van der Waals surface area contributed by atoms with Crippen LogP contribution in [0.25, 0.3) is 11.1 Å². The lowest BCUT2D eigenvalue weighted by Gasteiger charge is -2.07. The van der Waals surface area contributed by atoms with Crippen LogP contribution in [0.4, 0.5) is 11.5 Å². The van der Waals surface area contributed by atoms with Crippen LogP contribution in [0.2, 0.25) is 0 Å². The van der Waals surface area contributed by atoms with Crippen molar-refractivity contribution in [1.29, 1.82) is 0 Å². The maximum absolute atomic E-state index is 11.1. The van der Waals surface area contributed by atoms with Gasteiger partial charge in [0.15, 0.2) is 5.69 Å². The van der Waals surface area contributed by atoms with Gasteiger partial charge < -0.3 is 16.6 Å². The van der Waals surface area contributed by atoms with Crippen LogP contribution >= 0.6 is 0 Å². The first kappa shape index (κ1) is 10.9. The number of pyridine rings is 1. The molecule has 5 heteroatoms. The standard InChI is InChI=1S/C12H11N3O2/c13-8-3-1-2-7(6-8)9-4-5-10(14)15-11(9)12(16)17/h1-6H,13H2,(H2,14,15)(H,16,17). The Labute approximate surface area is 97.7 Å². The molecule has 5 nitrogen and oxygen atoms in total. The van der Waals surface area contributed by atoms with Crippen LogP contribution in [0.15, 0.2) is 36.4 Å². The minimum absolute atomic E-state index is 0.0735. The fraction of sp³-hybridized carbons (Fsp3) is 0. The van der Waals surface area contributed by atoms with Gasteiger partial charge in [0, 0.05) is 11.3 Å². The SMILES string of the molecule is Nc1cccc(-c2ccc(N)nc2C(=O)O)c1. The van der Waals surface area contributed by atoms with Crippen molar-refractivity contribution in [2.24, 2.45) is 0 Å². The number of hydrogen-bond acceptors (Lipinski definition) is 4. The fourth-order valence-corrected chi connectivity index (χ4v) is 1.58. The molecule has 86 valence electrons. The Morgan fingerprint density at radius 3 is 2.59 bits per heavy atom. The van der Waals surface area contributed by atoms with Crippen LogP contribution in [0.1, 0.15) is 10.5 Å². The molecule has 0 fully saturated rings. The zero-order chi connectivity index (χ0) is 12.4. The third-order valence-corrected chi connectivity index (χ3v) is 2.32. The zero-order valence-corrected chi connectivity index (χ0v) is 8.92. The summed E-state index contributed by atoms with van der Waals surface area (Å²) in [4.78, 5) is 14.9. The number of benzene rings is 1. The molecule has 1 aromatic carbocycles. The topological polar surface area (TPSA) is 102 Å². The molecule has 17 heavy (non-hydrogen) atoms. The molecular formula is C12H11N3O2. The van der Waals surface area contributed by atoms with Gasteiger partial charge in [0.25, 0.3) is 0 Å². The van der Waals surface area contributed by atoms with Crippen LogP contribution in [0, 0.1) is 0 Å². The number of aromatic nitrogens is 1. The number of carboxylic acid groups (broad SMARTS) is 1. The number of carbonyl (C=O) groups is 1. The molecule has 0 aliphatic carbocycles. The largest absolute Gasteiger partial charge is 0.476 e. The van der Waals surface area contributed by atoms with E-state index in [0.29, 0.717) is 16.8 Å². The second-order valence-corrected chi connectivity index (χ2v) is 3.56. The molecule has 0 bridgehead atoms. The summed E-state index contributed by atoms with van der Waals surface area (Å²) < 4.78 is 0. The van der Waals surface area contributed by atoms with Gasteiger partial charge in [-0.3, -0.25) is 0 Å². The molecule has 2 rings (SSSR count). The first-order valence-electron chi connectivity index (χ1n) is 4.93. The van der Waals surface area contributed by atoms with E-state index in [9.17, 15) is 4.79 Å². The predicted octanol–water partition coefficient (Wildman–Crippen LogP) is 1.61. The van der Waals surface area contributed by atoms with Crippen LogP contribution in [0.3, 0.4) is 0 Å². The van der Waals surface area contributed by atoms with Gasteiger partial charge in [0.05, 0.1) is 0 Å². The summed E-state index contributed by atoms with van der Waals surface area (Å²) in [6.45, 7) is 0. The van der Waals surface area contributed by atoms with Crippen molar-refractivity contribution in [3.63, 3.8) is 0 Å². The first-order chi connectivity index (χ1) is 8.08. The Kier molecular flexibility index (Phi) is 2.66. The Hall–Kier alpha value is -2.56. The number of hydrogen-bond donors (Lipinski definition) is 3. The predicted molar refractivity (Wildman–Crippen MR) is 65.5 cm³/mol. The number of rotatable bonds is 2. The minimum Gasteiger partial charge on any atom is -0.476 e. The second kappa shape index (κ2) is 4.13. The zero-order valence-electron chi connectivity index (χ0n) is 8.92. The van der Waals surface area contributed by atoms with Gasteiger partial charge in [-0.25, -0.2) is 9.78 Å². The van der Waals surface area contributed by atoms with Crippen molar-refractivity contribution in [3.05, 3.63) is 42.1 Å². The minimum atomic E-state index is -1.12. The third-order valence-electron chi connectivity index (χ3n) is 2.32. The smallest absolute Gasteiger partial charge is 0.355 e. The van der Waals surface area contributed by atoms with E-state index in [-0.39, 0.29) is 11.5 Å². The number of nitrogen functional groups attached to an aromatic ring is 2. The van der Waals surface area contributed by atoms with Crippen molar-refractivity contribution in [1.82, 2.24) is 4.98 Å². The lowest BCUT2D eigenvalue weighted by molar-refractivity contribution is 0.0691. The van der Waals surface area contributed by atoms with E-state index in [4.69, 9.17) is 16.6 Å². The van der Waals surface area contributed by atoms with Gasteiger partial charge in [-0.2, -0.15) is 0 Å². The quantitative estimate of drug-likeness (QED) is 0.679. The molecule has 1 aromatic heterocycles. The lowest BCUT2D eigenvalue weighted by Crippen LogP contribution is -2.05. The molecule has 0 aliphatic rings. The van der Waals surface area contributed by atoms with Crippen molar-refractivity contribution < 1.29 is 9.90 Å². The van der Waals surface area contributed by atoms with E-state index in [1.165, 1.54) is 0 Å². The first-order valence-corrected chi connectivity index (χ1v) is 4.93. The van der Waals surface area contributed by atoms with Gasteiger partial charge >= 0.3 is 5.97 Å². The number of nitrogens with two attached hydrogens (primary N) is 2. The van der Waals surface area contributed by atoms with E-state index < -0.39 is 5.97 Å². The van der Waals surface area contributed by atoms with Gasteiger partial charge in [-0.15, -0.1) is 0 Å². The fourth-order valence-electron chi connectivity index (χ4n) is 1.58. The van der Waals surface area contributed by atoms with E-state index in [1.54, 1.807) is 36.4 Å². The van der Waals surface area contributed by atoms with Crippen molar-refractivity contribution in [2.45, 2.75) is 0 Å². The Balaban J connectivity index is 2.63. The number of aromatic carboxylic acids is 1. The van der Waals surface area contributed by atoms with Crippen molar-refractivity contribution in [2.75, 3.05) is 11.5 Å². The van der Waals surface area contributed by atoms with Crippen molar-refractivity contribution >= 4 is 17.5 Å². The molecule has 0 radical (unpaired) electrons. The highest BCUT2D eigenvalue weighted by atomic mass is 16.4. The summed E-state index contributed by atoms with van der Waals surface area (Å²) in [5.74, 6) is -0.940. The van der Waals surface area contributed by atoms with Crippen LogP contribution in [0.5, 0.6) is 0 Å². The van der Waals surface area contributed by atoms with E-state index >= 15 is 0 Å². The molecule has 0 aliphatic heterocycles. The van der Waals surface area contributed by atoms with E-state index in [1.807, 2.05) is 0 Å². The number of nitrogens with zero attached hydrogens (tertiary/aromatic N) is 1. The Morgan fingerprint density at radius 2 is 1.94 bits per heavy atom. The van der Waals surface area contributed by atoms with E-state index in [2.05, 4.69) is 4.98 Å². The number of anilines is 2. The Bertz CT molecular complexity index is 582. The van der Waals surface area contributed by atoms with Crippen LogP contribution in [-0.4, -0.2) is 16.1 Å². The molecule has 0 saturated carbocycles. The maximum atomic E-state index is 11.1. The highest BCUT2D eigenvalue weighted by Gasteiger charge is 2.13. The molecular weight excluding hydrogens is 218 g/mol. The molecule has 5 N–H and O–H groups in total. The average molecular weight is 229 g/mol. The average Bonchev–Trinajstić information content (AvgIpc) is 2.28. The van der Waals surface area contributed by atoms with Gasteiger partial charge in [0.2, 0.25) is 0 Å². The highest BCUT2D eigenvalue weighted by molar-refractivity contribution is 5.94. The monoisotopic (exact) mass is 229 g/mol. The Morgan fingerprint density at radius 1 is 1.18 bits per heavy atom. The lowest BCUT2D eigenvalue weighted by atomic mass is 10.0. The normalized spacial score (nSPS) is 10.1. The molecule has 0 spiro atoms. The van der Waals surface area contributed by atoms with Crippen LogP contribution in [-0.2, 0) is 0 Å².